The zero-order valence-electron chi connectivity index (χ0n) is 13.3. The van der Waals surface area contributed by atoms with E-state index in [0.29, 0.717) is 17.5 Å². The lowest BCUT2D eigenvalue weighted by Gasteiger charge is -2.05. The van der Waals surface area contributed by atoms with Gasteiger partial charge >= 0.3 is 5.76 Å². The lowest BCUT2D eigenvalue weighted by atomic mass is 10.1. The summed E-state index contributed by atoms with van der Waals surface area (Å²) in [6, 6.07) is 6.89. The van der Waals surface area contributed by atoms with Gasteiger partial charge in [-0.2, -0.15) is 0 Å². The molecule has 0 fully saturated rings. The van der Waals surface area contributed by atoms with Crippen LogP contribution in [0.5, 0.6) is 0 Å². The van der Waals surface area contributed by atoms with E-state index >= 15 is 0 Å². The van der Waals surface area contributed by atoms with Crippen molar-refractivity contribution in [3.05, 3.63) is 45.2 Å². The van der Waals surface area contributed by atoms with Crippen LogP contribution < -0.4 is 11.3 Å². The molecular formula is C18H25NO3. The summed E-state index contributed by atoms with van der Waals surface area (Å²) in [6.07, 6.45) is 9.46. The Morgan fingerprint density at radius 1 is 0.909 bits per heavy atom. The second-order valence-corrected chi connectivity index (χ2v) is 5.80. The Bertz CT molecular complexity index is 699. The summed E-state index contributed by atoms with van der Waals surface area (Å²) in [5.74, 6) is -0.549. The van der Waals surface area contributed by atoms with E-state index < -0.39 is 5.76 Å². The van der Waals surface area contributed by atoms with Crippen LogP contribution in [-0.4, -0.2) is 4.57 Å². The van der Waals surface area contributed by atoms with Gasteiger partial charge in [0.1, 0.15) is 5.58 Å². The minimum Gasteiger partial charge on any atom is -0.409 e. The summed E-state index contributed by atoms with van der Waals surface area (Å²) in [5, 5.41) is 0.474. The number of fused-ring (bicyclic) bond motifs is 1. The summed E-state index contributed by atoms with van der Waals surface area (Å²) in [4.78, 5) is 24.2. The number of unbranched alkanes of at least 4 members (excludes halogenated alkanes) is 7. The molecule has 4 nitrogen and oxygen atoms in total. The molecule has 0 spiro atoms. The third-order valence-corrected chi connectivity index (χ3v) is 4.02. The third kappa shape index (κ3) is 4.33. The fourth-order valence-electron chi connectivity index (χ4n) is 2.71. The van der Waals surface area contributed by atoms with Crippen molar-refractivity contribution in [3.8, 4) is 0 Å². The fraction of sp³-hybridized carbons (Fsp3) is 0.556. The number of hydrogen-bond acceptors (Lipinski definition) is 3. The number of rotatable bonds is 9. The molecule has 0 aliphatic rings. The largest absolute Gasteiger partial charge is 0.422 e. The van der Waals surface area contributed by atoms with E-state index in [1.165, 1.54) is 36.7 Å². The van der Waals surface area contributed by atoms with E-state index in [1.54, 1.807) is 24.3 Å². The first-order valence-corrected chi connectivity index (χ1v) is 8.36. The van der Waals surface area contributed by atoms with Crippen molar-refractivity contribution in [3.63, 3.8) is 0 Å². The lowest BCUT2D eigenvalue weighted by molar-refractivity contribution is 0.439. The van der Waals surface area contributed by atoms with Gasteiger partial charge in [0.15, 0.2) is 0 Å². The van der Waals surface area contributed by atoms with E-state index in [4.69, 9.17) is 4.42 Å². The van der Waals surface area contributed by atoms with Crippen molar-refractivity contribution in [1.29, 1.82) is 0 Å². The van der Waals surface area contributed by atoms with Gasteiger partial charge in [-0.25, -0.2) is 9.36 Å². The Balaban J connectivity index is 1.87. The molecule has 1 aromatic carbocycles. The first-order chi connectivity index (χ1) is 10.7. The number of hydrogen-bond donors (Lipinski definition) is 0. The van der Waals surface area contributed by atoms with Crippen LogP contribution in [0.25, 0.3) is 11.0 Å². The molecule has 0 saturated carbocycles. The van der Waals surface area contributed by atoms with Crippen LogP contribution in [0.1, 0.15) is 58.3 Å². The summed E-state index contributed by atoms with van der Waals surface area (Å²) in [6.45, 7) is 2.66. The maximum Gasteiger partial charge on any atom is 0.422 e. The normalized spacial score (nSPS) is 11.1. The van der Waals surface area contributed by atoms with Gasteiger partial charge < -0.3 is 4.42 Å². The highest BCUT2D eigenvalue weighted by Gasteiger charge is 2.08. The second-order valence-electron chi connectivity index (χ2n) is 5.80. The Labute approximate surface area is 130 Å². The molecule has 4 heteroatoms. The zero-order chi connectivity index (χ0) is 15.8. The predicted molar refractivity (Wildman–Crippen MR) is 89.4 cm³/mol. The van der Waals surface area contributed by atoms with Crippen molar-refractivity contribution in [1.82, 2.24) is 4.57 Å². The topological polar surface area (TPSA) is 52.2 Å². The van der Waals surface area contributed by atoms with Crippen molar-refractivity contribution in [2.24, 2.45) is 0 Å². The molecule has 2 aromatic rings. The van der Waals surface area contributed by atoms with Gasteiger partial charge in [0.2, 0.25) is 0 Å². The number of benzene rings is 1. The summed E-state index contributed by atoms with van der Waals surface area (Å²) < 4.78 is 6.43. The van der Waals surface area contributed by atoms with Gasteiger partial charge in [-0.15, -0.1) is 0 Å². The molecule has 22 heavy (non-hydrogen) atoms. The van der Waals surface area contributed by atoms with E-state index in [9.17, 15) is 9.59 Å². The molecule has 0 unspecified atom stereocenters. The zero-order valence-corrected chi connectivity index (χ0v) is 13.3. The molecule has 0 atom stereocenters. The highest BCUT2D eigenvalue weighted by Crippen LogP contribution is 2.09. The van der Waals surface area contributed by atoms with Crippen LogP contribution in [0.3, 0.4) is 0 Å². The monoisotopic (exact) mass is 303 g/mol. The SMILES string of the molecule is CCCCCCCCCCn1c(=O)oc2ccccc2c1=O. The maximum absolute atomic E-state index is 12.3. The Morgan fingerprint density at radius 3 is 2.27 bits per heavy atom. The van der Waals surface area contributed by atoms with E-state index in [2.05, 4.69) is 6.92 Å². The highest BCUT2D eigenvalue weighted by atomic mass is 16.4. The molecule has 1 aromatic heterocycles. The lowest BCUT2D eigenvalue weighted by Crippen LogP contribution is -2.32. The molecular weight excluding hydrogens is 278 g/mol. The van der Waals surface area contributed by atoms with Crippen LogP contribution in [0, 0.1) is 0 Å². The smallest absolute Gasteiger partial charge is 0.409 e. The second kappa shape index (κ2) is 8.57. The average molecular weight is 303 g/mol. The number of aromatic nitrogens is 1. The van der Waals surface area contributed by atoms with Crippen molar-refractivity contribution in [2.45, 2.75) is 64.8 Å². The molecule has 0 saturated heterocycles. The Kier molecular flexibility index (Phi) is 6.44. The van der Waals surface area contributed by atoms with Crippen molar-refractivity contribution in [2.75, 3.05) is 0 Å². The van der Waals surface area contributed by atoms with E-state index in [-0.39, 0.29) is 5.56 Å². The van der Waals surface area contributed by atoms with Gasteiger partial charge in [-0.05, 0) is 18.6 Å². The van der Waals surface area contributed by atoms with Gasteiger partial charge in [0.05, 0.1) is 5.39 Å². The fourth-order valence-corrected chi connectivity index (χ4v) is 2.71. The Morgan fingerprint density at radius 2 is 1.55 bits per heavy atom. The van der Waals surface area contributed by atoms with Crippen LogP contribution >= 0.6 is 0 Å². The third-order valence-electron chi connectivity index (χ3n) is 4.02. The number of nitrogens with zero attached hydrogens (tertiary/aromatic N) is 1. The van der Waals surface area contributed by atoms with Gasteiger partial charge in [0, 0.05) is 6.54 Å². The van der Waals surface area contributed by atoms with Crippen LogP contribution in [0.4, 0.5) is 0 Å². The maximum atomic E-state index is 12.3. The molecule has 0 amide bonds. The molecule has 0 aliphatic heterocycles. The molecule has 0 bridgehead atoms. The van der Waals surface area contributed by atoms with Crippen LogP contribution in [0.2, 0.25) is 0 Å². The van der Waals surface area contributed by atoms with Gasteiger partial charge in [-0.1, -0.05) is 64.0 Å². The first kappa shape index (κ1) is 16.5. The van der Waals surface area contributed by atoms with Gasteiger partial charge in [-0.3, -0.25) is 4.79 Å². The first-order valence-electron chi connectivity index (χ1n) is 8.36. The summed E-state index contributed by atoms with van der Waals surface area (Å²) in [7, 11) is 0. The minimum atomic E-state index is -0.549. The van der Waals surface area contributed by atoms with Crippen LogP contribution in [-0.2, 0) is 6.54 Å². The molecule has 120 valence electrons. The standard InChI is InChI=1S/C18H25NO3/c1-2-3-4-5-6-7-8-11-14-19-17(20)15-12-9-10-13-16(15)22-18(19)21/h9-10,12-13H,2-8,11,14H2,1H3. The van der Waals surface area contributed by atoms with E-state index in [0.717, 1.165) is 19.3 Å². The highest BCUT2D eigenvalue weighted by molar-refractivity contribution is 5.74. The molecule has 0 N–H and O–H groups in total. The molecule has 2 rings (SSSR count). The molecule has 1 heterocycles. The van der Waals surface area contributed by atoms with Crippen molar-refractivity contribution < 1.29 is 4.42 Å². The van der Waals surface area contributed by atoms with E-state index in [1.807, 2.05) is 0 Å². The summed E-state index contributed by atoms with van der Waals surface area (Å²) in [5.41, 5.74) is 0.125. The molecule has 0 aliphatic carbocycles. The number of para-hydroxylation sites is 1. The summed E-state index contributed by atoms with van der Waals surface area (Å²) >= 11 is 0. The quantitative estimate of drug-likeness (QED) is 0.655. The van der Waals surface area contributed by atoms with Gasteiger partial charge in [0.25, 0.3) is 5.56 Å². The van der Waals surface area contributed by atoms with Crippen molar-refractivity contribution >= 4 is 11.0 Å². The predicted octanol–water partition coefficient (Wildman–Crippen LogP) is 4.10. The molecule has 0 radical (unpaired) electrons. The van der Waals surface area contributed by atoms with Crippen LogP contribution in [0.15, 0.2) is 38.3 Å². The average Bonchev–Trinajstić information content (AvgIpc) is 2.52. The Hall–Kier alpha value is -1.84. The minimum absolute atomic E-state index is 0.241.